The van der Waals surface area contributed by atoms with E-state index in [9.17, 15) is 19.2 Å². The Labute approximate surface area is 165 Å². The molecule has 0 saturated heterocycles. The first-order valence-electron chi connectivity index (χ1n) is 8.79. The molecule has 0 saturated carbocycles. The number of benzene rings is 2. The second kappa shape index (κ2) is 7.63. The first kappa shape index (κ1) is 18.5. The Morgan fingerprint density at radius 3 is 2.41 bits per heavy atom. The minimum atomic E-state index is -0.849. The third kappa shape index (κ3) is 3.75. The first-order valence-corrected chi connectivity index (χ1v) is 8.79. The monoisotopic (exact) mass is 396 g/mol. The van der Waals surface area contributed by atoms with Gasteiger partial charge in [0.15, 0.2) is 18.1 Å². The second-order valence-corrected chi connectivity index (χ2v) is 6.37. The molecule has 2 aliphatic rings. The molecule has 9 nitrogen and oxygen atoms in total. The molecule has 0 unspecified atom stereocenters. The number of nitrogens with zero attached hydrogens (tertiary/aromatic N) is 1. The van der Waals surface area contributed by atoms with Gasteiger partial charge in [-0.1, -0.05) is 18.2 Å². The van der Waals surface area contributed by atoms with Gasteiger partial charge in [0.1, 0.15) is 6.54 Å². The van der Waals surface area contributed by atoms with Crippen molar-refractivity contribution in [2.45, 2.75) is 6.54 Å². The van der Waals surface area contributed by atoms with Crippen LogP contribution in [0.5, 0.6) is 11.5 Å². The van der Waals surface area contributed by atoms with Crippen molar-refractivity contribution in [3.63, 3.8) is 0 Å². The average molecular weight is 396 g/mol. The molecule has 0 fully saturated rings. The Morgan fingerprint density at radius 2 is 1.69 bits per heavy atom. The molecule has 2 aliphatic heterocycles. The zero-order chi connectivity index (χ0) is 20.4. The summed E-state index contributed by atoms with van der Waals surface area (Å²) < 4.78 is 15.4. The fraction of sp³-hybridized carbons (Fsp3) is 0.200. The van der Waals surface area contributed by atoms with Crippen LogP contribution in [-0.4, -0.2) is 48.5 Å². The Hall–Kier alpha value is -3.88. The number of hydrogen-bond donors (Lipinski definition) is 1. The van der Waals surface area contributed by atoms with Crippen LogP contribution in [0.25, 0.3) is 0 Å². The molecule has 0 spiro atoms. The summed E-state index contributed by atoms with van der Waals surface area (Å²) in [6, 6.07) is 11.6. The number of carbonyl (C=O) groups is 4. The Bertz CT molecular complexity index is 983. The van der Waals surface area contributed by atoms with Crippen LogP contribution in [0.3, 0.4) is 0 Å². The molecule has 2 heterocycles. The van der Waals surface area contributed by atoms with Crippen molar-refractivity contribution in [2.75, 3.05) is 19.9 Å². The zero-order valence-electron chi connectivity index (χ0n) is 15.2. The first-order chi connectivity index (χ1) is 14.0. The minimum Gasteiger partial charge on any atom is -0.454 e. The number of hydrogen-bond acceptors (Lipinski definition) is 7. The molecule has 0 radical (unpaired) electrons. The lowest BCUT2D eigenvalue weighted by atomic mass is 10.1. The van der Waals surface area contributed by atoms with Crippen LogP contribution >= 0.6 is 0 Å². The largest absolute Gasteiger partial charge is 0.454 e. The lowest BCUT2D eigenvalue weighted by molar-refractivity contribution is -0.148. The van der Waals surface area contributed by atoms with E-state index in [0.29, 0.717) is 11.5 Å². The molecule has 9 heteroatoms. The van der Waals surface area contributed by atoms with Crippen LogP contribution in [0.15, 0.2) is 42.5 Å². The average Bonchev–Trinajstić information content (AvgIpc) is 3.29. The number of ether oxygens (including phenoxy) is 3. The summed E-state index contributed by atoms with van der Waals surface area (Å²) in [7, 11) is 0. The van der Waals surface area contributed by atoms with Gasteiger partial charge in [-0.25, -0.2) is 0 Å². The predicted octanol–water partition coefficient (Wildman–Crippen LogP) is 0.871. The van der Waals surface area contributed by atoms with Crippen LogP contribution in [0.2, 0.25) is 0 Å². The maximum Gasteiger partial charge on any atom is 0.326 e. The van der Waals surface area contributed by atoms with Gasteiger partial charge < -0.3 is 19.5 Å². The van der Waals surface area contributed by atoms with E-state index in [0.717, 1.165) is 10.5 Å². The quantitative estimate of drug-likeness (QED) is 0.570. The fourth-order valence-electron chi connectivity index (χ4n) is 3.01. The van der Waals surface area contributed by atoms with Crippen molar-refractivity contribution in [3.8, 4) is 11.5 Å². The van der Waals surface area contributed by atoms with Crippen LogP contribution < -0.4 is 14.8 Å². The van der Waals surface area contributed by atoms with Gasteiger partial charge in [0.2, 0.25) is 6.79 Å². The van der Waals surface area contributed by atoms with Crippen molar-refractivity contribution < 1.29 is 33.4 Å². The number of nitrogens with one attached hydrogen (secondary N) is 1. The lowest BCUT2D eigenvalue weighted by Crippen LogP contribution is -2.37. The highest BCUT2D eigenvalue weighted by molar-refractivity contribution is 6.22. The van der Waals surface area contributed by atoms with Gasteiger partial charge in [-0.3, -0.25) is 24.1 Å². The molecule has 3 amide bonds. The van der Waals surface area contributed by atoms with Gasteiger partial charge in [0, 0.05) is 6.54 Å². The predicted molar refractivity (Wildman–Crippen MR) is 97.2 cm³/mol. The highest BCUT2D eigenvalue weighted by Gasteiger charge is 2.36. The summed E-state index contributed by atoms with van der Waals surface area (Å²) in [5, 5.41) is 2.61. The SMILES string of the molecule is O=C(COC(=O)CN1C(=O)c2ccccc2C1=O)NCc1ccc2c(c1)OCO2. The maximum absolute atomic E-state index is 12.2. The Balaban J connectivity index is 1.24. The van der Waals surface area contributed by atoms with E-state index in [1.165, 1.54) is 12.1 Å². The second-order valence-electron chi connectivity index (χ2n) is 6.37. The van der Waals surface area contributed by atoms with Gasteiger partial charge in [-0.15, -0.1) is 0 Å². The van der Waals surface area contributed by atoms with Crippen LogP contribution in [0.1, 0.15) is 26.3 Å². The summed E-state index contributed by atoms with van der Waals surface area (Å²) in [6.45, 7) is -0.700. The van der Waals surface area contributed by atoms with Crippen molar-refractivity contribution in [3.05, 3.63) is 59.2 Å². The summed E-state index contributed by atoms with van der Waals surface area (Å²) >= 11 is 0. The van der Waals surface area contributed by atoms with Crippen molar-refractivity contribution in [1.29, 1.82) is 0 Å². The smallest absolute Gasteiger partial charge is 0.326 e. The molecule has 1 N–H and O–H groups in total. The number of carbonyl (C=O) groups excluding carboxylic acids is 4. The summed E-state index contributed by atoms with van der Waals surface area (Å²) in [6.07, 6.45) is 0. The molecule has 0 atom stereocenters. The van der Waals surface area contributed by atoms with Crippen LogP contribution in [-0.2, 0) is 20.9 Å². The number of fused-ring (bicyclic) bond motifs is 2. The van der Waals surface area contributed by atoms with Crippen molar-refractivity contribution in [2.24, 2.45) is 0 Å². The molecule has 2 aromatic carbocycles. The van der Waals surface area contributed by atoms with E-state index in [-0.39, 0.29) is 24.5 Å². The molecular weight excluding hydrogens is 380 g/mol. The van der Waals surface area contributed by atoms with Crippen molar-refractivity contribution in [1.82, 2.24) is 10.2 Å². The van der Waals surface area contributed by atoms with E-state index in [2.05, 4.69) is 5.32 Å². The minimum absolute atomic E-state index is 0.161. The molecule has 2 aromatic rings. The maximum atomic E-state index is 12.2. The van der Waals surface area contributed by atoms with Gasteiger partial charge in [-0.05, 0) is 29.8 Å². The van der Waals surface area contributed by atoms with Crippen molar-refractivity contribution >= 4 is 23.7 Å². The summed E-state index contributed by atoms with van der Waals surface area (Å²) in [5.74, 6) is -1.24. The van der Waals surface area contributed by atoms with Gasteiger partial charge in [-0.2, -0.15) is 0 Å². The lowest BCUT2D eigenvalue weighted by Gasteiger charge is -2.13. The normalized spacial score (nSPS) is 14.0. The van der Waals surface area contributed by atoms with Gasteiger partial charge in [0.25, 0.3) is 17.7 Å². The molecule has 148 valence electrons. The third-order valence-corrected chi connectivity index (χ3v) is 4.46. The molecule has 4 rings (SSSR count). The Kier molecular flexibility index (Phi) is 4.86. The van der Waals surface area contributed by atoms with Crippen LogP contribution in [0, 0.1) is 0 Å². The standard InChI is InChI=1S/C20H16N2O7/c23-17(21-8-12-5-6-15-16(7-12)29-11-28-15)10-27-18(24)9-22-19(25)13-3-1-2-4-14(13)20(22)26/h1-7H,8-11H2,(H,21,23). The molecule has 0 aromatic heterocycles. The van der Waals surface area contributed by atoms with E-state index in [1.807, 2.05) is 0 Å². The van der Waals surface area contributed by atoms with E-state index >= 15 is 0 Å². The summed E-state index contributed by atoms with van der Waals surface area (Å²) in [4.78, 5) is 49.1. The highest BCUT2D eigenvalue weighted by atomic mass is 16.7. The zero-order valence-corrected chi connectivity index (χ0v) is 15.2. The van der Waals surface area contributed by atoms with Gasteiger partial charge >= 0.3 is 5.97 Å². The number of imide groups is 1. The van der Waals surface area contributed by atoms with E-state index < -0.39 is 36.8 Å². The fourth-order valence-corrected chi connectivity index (χ4v) is 3.01. The third-order valence-electron chi connectivity index (χ3n) is 4.46. The van der Waals surface area contributed by atoms with E-state index in [1.54, 1.807) is 30.3 Å². The molecular formula is C20H16N2O7. The Morgan fingerprint density at radius 1 is 1.00 bits per heavy atom. The van der Waals surface area contributed by atoms with Gasteiger partial charge in [0.05, 0.1) is 11.1 Å². The highest BCUT2D eigenvalue weighted by Crippen LogP contribution is 2.32. The summed E-state index contributed by atoms with van der Waals surface area (Å²) in [5.41, 5.74) is 1.28. The number of amides is 3. The molecule has 0 aliphatic carbocycles. The number of rotatable bonds is 6. The molecule has 29 heavy (non-hydrogen) atoms. The number of esters is 1. The topological polar surface area (TPSA) is 111 Å². The van der Waals surface area contributed by atoms with E-state index in [4.69, 9.17) is 14.2 Å². The molecule has 0 bridgehead atoms. The van der Waals surface area contributed by atoms with Crippen LogP contribution in [0.4, 0.5) is 0 Å².